The SMILES string of the molecule is CCNc1nc(SCCC(=O)OC)c2cc(CC)sc2n1. The van der Waals surface area contributed by atoms with Gasteiger partial charge in [0.05, 0.1) is 13.5 Å². The molecule has 7 heteroatoms. The maximum absolute atomic E-state index is 11.2. The Labute approximate surface area is 132 Å². The highest BCUT2D eigenvalue weighted by molar-refractivity contribution is 7.99. The predicted molar refractivity (Wildman–Crippen MR) is 88.3 cm³/mol. The highest BCUT2D eigenvalue weighted by Crippen LogP contribution is 2.33. The van der Waals surface area contributed by atoms with E-state index in [0.717, 1.165) is 28.2 Å². The van der Waals surface area contributed by atoms with Crippen LogP contribution >= 0.6 is 23.1 Å². The van der Waals surface area contributed by atoms with Crippen molar-refractivity contribution in [3.8, 4) is 0 Å². The fourth-order valence-electron chi connectivity index (χ4n) is 1.80. The molecule has 5 nitrogen and oxygen atoms in total. The van der Waals surface area contributed by atoms with E-state index in [9.17, 15) is 4.79 Å². The van der Waals surface area contributed by atoms with Gasteiger partial charge in [0, 0.05) is 22.6 Å². The number of fused-ring (bicyclic) bond motifs is 1. The van der Waals surface area contributed by atoms with Crippen LogP contribution in [-0.4, -0.2) is 35.3 Å². The summed E-state index contributed by atoms with van der Waals surface area (Å²) in [6, 6.07) is 2.15. The number of carbonyl (C=O) groups excluding carboxylic acids is 1. The van der Waals surface area contributed by atoms with Crippen molar-refractivity contribution >= 4 is 45.2 Å². The summed E-state index contributed by atoms with van der Waals surface area (Å²) >= 11 is 3.27. The van der Waals surface area contributed by atoms with Crippen molar-refractivity contribution in [3.63, 3.8) is 0 Å². The first-order chi connectivity index (χ1) is 10.2. The van der Waals surface area contributed by atoms with E-state index in [1.165, 1.54) is 12.0 Å². The van der Waals surface area contributed by atoms with Gasteiger partial charge in [-0.05, 0) is 19.4 Å². The predicted octanol–water partition coefficient (Wildman–Crippen LogP) is 3.34. The van der Waals surface area contributed by atoms with Crippen molar-refractivity contribution < 1.29 is 9.53 Å². The van der Waals surface area contributed by atoms with Gasteiger partial charge in [-0.3, -0.25) is 4.79 Å². The molecule has 2 aromatic heterocycles. The van der Waals surface area contributed by atoms with Crippen LogP contribution in [0.5, 0.6) is 0 Å². The maximum Gasteiger partial charge on any atom is 0.306 e. The summed E-state index contributed by atoms with van der Waals surface area (Å²) in [4.78, 5) is 22.6. The second-order valence-corrected chi connectivity index (χ2v) is 6.54. The molecule has 0 radical (unpaired) electrons. The summed E-state index contributed by atoms with van der Waals surface area (Å²) in [6.07, 6.45) is 1.37. The number of ether oxygens (including phenoxy) is 1. The quantitative estimate of drug-likeness (QED) is 0.478. The van der Waals surface area contributed by atoms with E-state index in [4.69, 9.17) is 0 Å². The standard InChI is InChI=1S/C14H19N3O2S2/c1-4-9-8-10-12(20-7-6-11(18)19-3)16-14(15-5-2)17-13(10)21-9/h8H,4-7H2,1-3H3,(H,15,16,17). The normalized spacial score (nSPS) is 10.8. The zero-order valence-corrected chi connectivity index (χ0v) is 14.1. The Kier molecular flexibility index (Phi) is 5.81. The molecule has 114 valence electrons. The minimum absolute atomic E-state index is 0.195. The molecule has 0 bridgehead atoms. The molecular formula is C14H19N3O2S2. The first-order valence-corrected chi connectivity index (χ1v) is 8.72. The van der Waals surface area contributed by atoms with Crippen LogP contribution in [-0.2, 0) is 16.0 Å². The number of thioether (sulfide) groups is 1. The molecule has 0 aliphatic carbocycles. The van der Waals surface area contributed by atoms with Gasteiger partial charge in [0.25, 0.3) is 0 Å². The van der Waals surface area contributed by atoms with Crippen LogP contribution in [0.4, 0.5) is 5.95 Å². The summed E-state index contributed by atoms with van der Waals surface area (Å²) in [7, 11) is 1.41. The molecule has 0 unspecified atom stereocenters. The van der Waals surface area contributed by atoms with E-state index < -0.39 is 0 Å². The Hall–Kier alpha value is -1.34. The van der Waals surface area contributed by atoms with E-state index in [1.54, 1.807) is 23.1 Å². The molecule has 0 amide bonds. The molecule has 0 spiro atoms. The van der Waals surface area contributed by atoms with Gasteiger partial charge < -0.3 is 10.1 Å². The van der Waals surface area contributed by atoms with Crippen LogP contribution in [0, 0.1) is 0 Å². The Morgan fingerprint density at radius 1 is 1.43 bits per heavy atom. The summed E-state index contributed by atoms with van der Waals surface area (Å²) in [5, 5.41) is 5.16. The third-order valence-electron chi connectivity index (χ3n) is 2.86. The number of nitrogens with one attached hydrogen (secondary N) is 1. The maximum atomic E-state index is 11.2. The number of hydrogen-bond acceptors (Lipinski definition) is 7. The van der Waals surface area contributed by atoms with Gasteiger partial charge in [-0.2, -0.15) is 0 Å². The Bertz CT molecular complexity index is 628. The van der Waals surface area contributed by atoms with Crippen LogP contribution in [0.3, 0.4) is 0 Å². The lowest BCUT2D eigenvalue weighted by molar-refractivity contribution is -0.140. The van der Waals surface area contributed by atoms with E-state index in [1.807, 2.05) is 6.92 Å². The topological polar surface area (TPSA) is 64.1 Å². The van der Waals surface area contributed by atoms with E-state index >= 15 is 0 Å². The first kappa shape index (κ1) is 16.0. The molecule has 0 fully saturated rings. The number of aryl methyl sites for hydroxylation is 1. The fourth-order valence-corrected chi connectivity index (χ4v) is 3.76. The average Bonchev–Trinajstić information content (AvgIpc) is 2.90. The second-order valence-electron chi connectivity index (χ2n) is 4.34. The zero-order valence-electron chi connectivity index (χ0n) is 12.4. The number of aromatic nitrogens is 2. The van der Waals surface area contributed by atoms with Crippen LogP contribution in [0.25, 0.3) is 10.2 Å². The van der Waals surface area contributed by atoms with Crippen molar-refractivity contribution in [2.75, 3.05) is 24.7 Å². The number of hydrogen-bond donors (Lipinski definition) is 1. The van der Waals surface area contributed by atoms with E-state index in [2.05, 4.69) is 33.0 Å². The third-order valence-corrected chi connectivity index (χ3v) is 5.03. The number of carbonyl (C=O) groups is 1. The van der Waals surface area contributed by atoms with E-state index in [-0.39, 0.29) is 5.97 Å². The zero-order chi connectivity index (χ0) is 15.2. The molecule has 2 heterocycles. The average molecular weight is 325 g/mol. The van der Waals surface area contributed by atoms with Gasteiger partial charge in [0.1, 0.15) is 9.86 Å². The molecule has 0 saturated carbocycles. The lowest BCUT2D eigenvalue weighted by atomic mass is 10.3. The lowest BCUT2D eigenvalue weighted by Gasteiger charge is -2.06. The highest BCUT2D eigenvalue weighted by atomic mass is 32.2. The van der Waals surface area contributed by atoms with Gasteiger partial charge in [0.15, 0.2) is 0 Å². The van der Waals surface area contributed by atoms with Crippen molar-refractivity contribution in [2.45, 2.75) is 31.7 Å². The summed E-state index contributed by atoms with van der Waals surface area (Å²) in [5.41, 5.74) is 0. The van der Waals surface area contributed by atoms with Gasteiger partial charge in [-0.15, -0.1) is 23.1 Å². The Balaban J connectivity index is 2.25. The number of esters is 1. The number of anilines is 1. The highest BCUT2D eigenvalue weighted by Gasteiger charge is 2.12. The molecule has 0 saturated heterocycles. The number of thiophene rings is 1. The molecule has 0 aliphatic rings. The Morgan fingerprint density at radius 3 is 2.90 bits per heavy atom. The summed E-state index contributed by atoms with van der Waals surface area (Å²) < 4.78 is 4.66. The van der Waals surface area contributed by atoms with Gasteiger partial charge >= 0.3 is 5.97 Å². The molecular weight excluding hydrogens is 306 g/mol. The lowest BCUT2D eigenvalue weighted by Crippen LogP contribution is -2.04. The summed E-state index contributed by atoms with van der Waals surface area (Å²) in [6.45, 7) is 4.93. The number of methoxy groups -OCH3 is 1. The van der Waals surface area contributed by atoms with Crippen LogP contribution in [0.1, 0.15) is 25.1 Å². The Morgan fingerprint density at radius 2 is 2.24 bits per heavy atom. The minimum atomic E-state index is -0.195. The van der Waals surface area contributed by atoms with Gasteiger partial charge in [-0.1, -0.05) is 6.92 Å². The molecule has 0 aliphatic heterocycles. The van der Waals surface area contributed by atoms with Gasteiger partial charge in [-0.25, -0.2) is 9.97 Å². The smallest absolute Gasteiger partial charge is 0.306 e. The minimum Gasteiger partial charge on any atom is -0.469 e. The third kappa shape index (κ3) is 4.07. The molecule has 2 rings (SSSR count). The monoisotopic (exact) mass is 325 g/mol. The molecule has 0 atom stereocenters. The van der Waals surface area contributed by atoms with Crippen molar-refractivity contribution in [1.82, 2.24) is 9.97 Å². The molecule has 21 heavy (non-hydrogen) atoms. The molecule has 1 N–H and O–H groups in total. The van der Waals surface area contributed by atoms with Crippen LogP contribution in [0.15, 0.2) is 11.1 Å². The largest absolute Gasteiger partial charge is 0.469 e. The van der Waals surface area contributed by atoms with Crippen molar-refractivity contribution in [1.29, 1.82) is 0 Å². The fraction of sp³-hybridized carbons (Fsp3) is 0.500. The second kappa shape index (κ2) is 7.61. The molecule has 0 aromatic carbocycles. The van der Waals surface area contributed by atoms with Gasteiger partial charge in [0.2, 0.25) is 5.95 Å². The van der Waals surface area contributed by atoms with Crippen molar-refractivity contribution in [2.24, 2.45) is 0 Å². The van der Waals surface area contributed by atoms with E-state index in [0.29, 0.717) is 18.1 Å². The van der Waals surface area contributed by atoms with Crippen molar-refractivity contribution in [3.05, 3.63) is 10.9 Å². The molecule has 2 aromatic rings. The number of nitrogens with zero attached hydrogens (tertiary/aromatic N) is 2. The summed E-state index contributed by atoms with van der Waals surface area (Å²) in [5.74, 6) is 1.11. The number of rotatable bonds is 7. The van der Waals surface area contributed by atoms with Crippen LogP contribution < -0.4 is 5.32 Å². The first-order valence-electron chi connectivity index (χ1n) is 6.91. The van der Waals surface area contributed by atoms with Crippen LogP contribution in [0.2, 0.25) is 0 Å².